The first-order valence-electron chi connectivity index (χ1n) is 12.5. The monoisotopic (exact) mass is 431 g/mol. The number of nitrogens with one attached hydrogen (secondary N) is 2. The number of benzene rings is 1. The van der Waals surface area contributed by atoms with Crippen LogP contribution in [0.25, 0.3) is 0 Å². The Balaban J connectivity index is 1.39. The standard InChI is InChI=1S/C25H39N3O3/c1-26-13-15-27(16-14-26)11-6-12-28(25(29)22-7-4-2-3-5-8-22)20-21-9-10-23-24(19-21)31-18-17-30-23/h9-10,19,22H,2-8,11-18,20H2,1H3/p+2. The van der Waals surface area contributed by atoms with E-state index in [4.69, 9.17) is 9.47 Å². The predicted octanol–water partition coefficient (Wildman–Crippen LogP) is 0.560. The van der Waals surface area contributed by atoms with Gasteiger partial charge in [-0.3, -0.25) is 4.79 Å². The fourth-order valence-corrected chi connectivity index (χ4v) is 5.26. The van der Waals surface area contributed by atoms with Gasteiger partial charge in [0.1, 0.15) is 39.4 Å². The maximum atomic E-state index is 13.5. The number of nitrogens with zero attached hydrogens (tertiary/aromatic N) is 1. The van der Waals surface area contributed by atoms with Crippen LogP contribution in [0.4, 0.5) is 0 Å². The van der Waals surface area contributed by atoms with Crippen molar-refractivity contribution in [3.63, 3.8) is 0 Å². The van der Waals surface area contributed by atoms with Crippen molar-refractivity contribution in [2.24, 2.45) is 5.92 Å². The fraction of sp³-hybridized carbons (Fsp3) is 0.720. The first-order chi connectivity index (χ1) is 15.2. The molecule has 3 aliphatic rings. The predicted molar refractivity (Wildman–Crippen MR) is 121 cm³/mol. The van der Waals surface area contributed by atoms with Crippen molar-refractivity contribution in [1.82, 2.24) is 4.90 Å². The number of fused-ring (bicyclic) bond motifs is 1. The molecule has 2 aliphatic heterocycles. The number of hydrogen-bond donors (Lipinski definition) is 2. The molecular formula is C25H41N3O3+2. The highest BCUT2D eigenvalue weighted by atomic mass is 16.6. The van der Waals surface area contributed by atoms with Gasteiger partial charge in [0, 0.05) is 25.4 Å². The van der Waals surface area contributed by atoms with Crippen molar-refractivity contribution in [3.05, 3.63) is 23.8 Å². The molecule has 2 fully saturated rings. The minimum absolute atomic E-state index is 0.208. The van der Waals surface area contributed by atoms with Gasteiger partial charge in [0.15, 0.2) is 11.5 Å². The van der Waals surface area contributed by atoms with E-state index in [9.17, 15) is 4.79 Å². The zero-order valence-electron chi connectivity index (χ0n) is 19.3. The molecule has 172 valence electrons. The van der Waals surface area contributed by atoms with Gasteiger partial charge in [-0.1, -0.05) is 31.7 Å². The number of carbonyl (C=O) groups excluding carboxylic acids is 1. The Morgan fingerprint density at radius 2 is 1.71 bits per heavy atom. The zero-order chi connectivity index (χ0) is 21.5. The van der Waals surface area contributed by atoms with E-state index in [1.165, 1.54) is 58.4 Å². The van der Waals surface area contributed by atoms with Gasteiger partial charge in [-0.05, 0) is 30.5 Å². The SMILES string of the molecule is C[NH+]1CC[NH+](CCCN(Cc2ccc3c(c2)OCCO3)C(=O)C2CCCCCC2)CC1. The van der Waals surface area contributed by atoms with Crippen molar-refractivity contribution in [3.8, 4) is 11.5 Å². The molecule has 0 atom stereocenters. The fourth-order valence-electron chi connectivity index (χ4n) is 5.26. The molecule has 2 heterocycles. The van der Waals surface area contributed by atoms with Gasteiger partial charge in [-0.2, -0.15) is 0 Å². The van der Waals surface area contributed by atoms with Crippen LogP contribution < -0.4 is 19.3 Å². The molecule has 0 spiro atoms. The number of likely N-dealkylation sites (N-methyl/N-ethyl adjacent to an activating group) is 1. The molecule has 6 nitrogen and oxygen atoms in total. The Hall–Kier alpha value is -1.79. The average molecular weight is 432 g/mol. The summed E-state index contributed by atoms with van der Waals surface area (Å²) in [7, 11) is 2.29. The summed E-state index contributed by atoms with van der Waals surface area (Å²) in [6.45, 7) is 8.93. The molecule has 0 unspecified atom stereocenters. The highest BCUT2D eigenvalue weighted by molar-refractivity contribution is 5.78. The van der Waals surface area contributed by atoms with Crippen molar-refractivity contribution in [2.75, 3.05) is 59.5 Å². The number of carbonyl (C=O) groups is 1. The molecule has 1 aliphatic carbocycles. The molecule has 2 N–H and O–H groups in total. The largest absolute Gasteiger partial charge is 0.486 e. The smallest absolute Gasteiger partial charge is 0.225 e. The lowest BCUT2D eigenvalue weighted by Gasteiger charge is -2.30. The van der Waals surface area contributed by atoms with E-state index in [1.54, 1.807) is 9.80 Å². The topological polar surface area (TPSA) is 47.7 Å². The summed E-state index contributed by atoms with van der Waals surface area (Å²) in [5.41, 5.74) is 1.14. The molecule has 0 bridgehead atoms. The van der Waals surface area contributed by atoms with Gasteiger partial charge < -0.3 is 24.2 Å². The number of amides is 1. The lowest BCUT2D eigenvalue weighted by molar-refractivity contribution is -1.00. The Labute approximate surface area is 187 Å². The summed E-state index contributed by atoms with van der Waals surface area (Å²) in [5.74, 6) is 2.21. The normalized spacial score (nSPS) is 24.4. The molecule has 1 amide bonds. The quantitative estimate of drug-likeness (QED) is 0.621. The molecule has 0 radical (unpaired) electrons. The third-order valence-corrected chi connectivity index (χ3v) is 7.27. The van der Waals surface area contributed by atoms with Gasteiger partial charge in [-0.15, -0.1) is 0 Å². The first-order valence-corrected chi connectivity index (χ1v) is 12.5. The second kappa shape index (κ2) is 11.2. The van der Waals surface area contributed by atoms with Crippen molar-refractivity contribution in [1.29, 1.82) is 0 Å². The molecule has 1 aromatic carbocycles. The molecule has 4 rings (SSSR count). The van der Waals surface area contributed by atoms with Gasteiger partial charge in [0.2, 0.25) is 5.91 Å². The zero-order valence-corrected chi connectivity index (χ0v) is 19.3. The highest BCUT2D eigenvalue weighted by Crippen LogP contribution is 2.32. The molecule has 6 heteroatoms. The van der Waals surface area contributed by atoms with E-state index in [-0.39, 0.29) is 5.92 Å². The van der Waals surface area contributed by atoms with Crippen LogP contribution in [0.5, 0.6) is 11.5 Å². The average Bonchev–Trinajstić information content (AvgIpc) is 3.09. The second-order valence-electron chi connectivity index (χ2n) is 9.74. The van der Waals surface area contributed by atoms with E-state index in [0.29, 0.717) is 25.7 Å². The van der Waals surface area contributed by atoms with Crippen LogP contribution in [-0.2, 0) is 11.3 Å². The van der Waals surface area contributed by atoms with Gasteiger partial charge in [0.25, 0.3) is 0 Å². The van der Waals surface area contributed by atoms with E-state index in [2.05, 4.69) is 24.1 Å². The molecule has 0 aromatic heterocycles. The third-order valence-electron chi connectivity index (χ3n) is 7.27. The van der Waals surface area contributed by atoms with Crippen molar-refractivity contribution < 1.29 is 24.1 Å². The maximum Gasteiger partial charge on any atom is 0.225 e. The summed E-state index contributed by atoms with van der Waals surface area (Å²) in [4.78, 5) is 19.0. The Kier molecular flexibility index (Phi) is 8.09. The highest BCUT2D eigenvalue weighted by Gasteiger charge is 2.26. The van der Waals surface area contributed by atoms with Crippen LogP contribution in [0.15, 0.2) is 18.2 Å². The van der Waals surface area contributed by atoms with Crippen LogP contribution in [0.1, 0.15) is 50.5 Å². The summed E-state index contributed by atoms with van der Waals surface area (Å²) in [5, 5.41) is 0. The van der Waals surface area contributed by atoms with Crippen LogP contribution in [0.2, 0.25) is 0 Å². The van der Waals surface area contributed by atoms with E-state index < -0.39 is 0 Å². The van der Waals surface area contributed by atoms with E-state index in [1.807, 2.05) is 6.07 Å². The third kappa shape index (κ3) is 6.36. The summed E-state index contributed by atoms with van der Waals surface area (Å²) >= 11 is 0. The maximum absolute atomic E-state index is 13.5. The minimum Gasteiger partial charge on any atom is -0.486 e. The Morgan fingerprint density at radius 3 is 2.45 bits per heavy atom. The van der Waals surface area contributed by atoms with Gasteiger partial charge in [0.05, 0.1) is 13.6 Å². The lowest BCUT2D eigenvalue weighted by atomic mass is 9.98. The Bertz CT molecular complexity index is 710. The van der Waals surface area contributed by atoms with Crippen molar-refractivity contribution in [2.45, 2.75) is 51.5 Å². The molecule has 1 saturated heterocycles. The number of rotatable bonds is 7. The summed E-state index contributed by atoms with van der Waals surface area (Å²) < 4.78 is 11.4. The summed E-state index contributed by atoms with van der Waals surface area (Å²) in [6, 6.07) is 6.15. The number of quaternary nitrogens is 2. The van der Waals surface area contributed by atoms with Gasteiger partial charge >= 0.3 is 0 Å². The van der Waals surface area contributed by atoms with Crippen LogP contribution >= 0.6 is 0 Å². The number of piperazine rings is 1. The molecular weight excluding hydrogens is 390 g/mol. The van der Waals surface area contributed by atoms with Gasteiger partial charge in [-0.25, -0.2) is 0 Å². The van der Waals surface area contributed by atoms with Crippen LogP contribution in [-0.4, -0.2) is 70.3 Å². The summed E-state index contributed by atoms with van der Waals surface area (Å²) in [6.07, 6.45) is 8.15. The van der Waals surface area contributed by atoms with Crippen LogP contribution in [0.3, 0.4) is 0 Å². The lowest BCUT2D eigenvalue weighted by Crippen LogP contribution is -3.27. The molecule has 1 saturated carbocycles. The Morgan fingerprint density at radius 1 is 1.00 bits per heavy atom. The van der Waals surface area contributed by atoms with Crippen LogP contribution in [0, 0.1) is 5.92 Å². The van der Waals surface area contributed by atoms with Crippen molar-refractivity contribution >= 4 is 5.91 Å². The van der Waals surface area contributed by atoms with E-state index >= 15 is 0 Å². The van der Waals surface area contributed by atoms with E-state index in [0.717, 1.165) is 42.9 Å². The molecule has 1 aromatic rings. The molecule has 31 heavy (non-hydrogen) atoms. The number of hydrogen-bond acceptors (Lipinski definition) is 3. The second-order valence-corrected chi connectivity index (χ2v) is 9.74. The first kappa shape index (κ1) is 22.4. The number of ether oxygens (including phenoxy) is 2. The minimum atomic E-state index is 0.208.